The van der Waals surface area contributed by atoms with Crippen LogP contribution < -0.4 is 0 Å². The maximum absolute atomic E-state index is 13.6. The Labute approximate surface area is 169 Å². The van der Waals surface area contributed by atoms with Gasteiger partial charge in [0.2, 0.25) is 0 Å². The van der Waals surface area contributed by atoms with Gasteiger partial charge in [-0.25, -0.2) is 18.2 Å². The highest BCUT2D eigenvalue weighted by Crippen LogP contribution is 2.30. The zero-order chi connectivity index (χ0) is 22.2. The van der Waals surface area contributed by atoms with Crippen LogP contribution in [0.1, 0.15) is 35.8 Å². The summed E-state index contributed by atoms with van der Waals surface area (Å²) in [5.41, 5.74) is -0.664. The van der Waals surface area contributed by atoms with Gasteiger partial charge in [0, 0.05) is 12.3 Å². The summed E-state index contributed by atoms with van der Waals surface area (Å²) in [5, 5.41) is 11.2. The molecule has 0 aliphatic rings. The van der Waals surface area contributed by atoms with Gasteiger partial charge in [0.25, 0.3) is 5.69 Å². The van der Waals surface area contributed by atoms with Crippen LogP contribution in [-0.4, -0.2) is 35.1 Å². The van der Waals surface area contributed by atoms with Gasteiger partial charge >= 0.3 is 12.5 Å². The van der Waals surface area contributed by atoms with Crippen LogP contribution in [0, 0.1) is 10.1 Å². The predicted octanol–water partition coefficient (Wildman–Crippen LogP) is 3.66. The van der Waals surface area contributed by atoms with Crippen LogP contribution in [0.2, 0.25) is 0 Å². The second-order valence-corrected chi connectivity index (χ2v) is 8.35. The molecule has 3 rings (SSSR count). The van der Waals surface area contributed by atoms with Gasteiger partial charge < -0.3 is 4.74 Å². The van der Waals surface area contributed by atoms with E-state index in [0.717, 1.165) is 24.5 Å². The number of esters is 1. The average Bonchev–Trinajstić information content (AvgIpc) is 3.06. The lowest BCUT2D eigenvalue weighted by molar-refractivity contribution is -0.387. The summed E-state index contributed by atoms with van der Waals surface area (Å²) in [6.07, 6.45) is -0.419. The van der Waals surface area contributed by atoms with Gasteiger partial charge in [-0.2, -0.15) is 8.78 Å². The predicted molar refractivity (Wildman–Crippen MR) is 101 cm³/mol. The largest absolute Gasteiger partial charge is 0.451 e. The van der Waals surface area contributed by atoms with Crippen LogP contribution in [-0.2, 0) is 14.6 Å². The number of alkyl halides is 2. The molecule has 0 spiro atoms. The van der Waals surface area contributed by atoms with Gasteiger partial charge in [-0.1, -0.05) is 12.1 Å². The number of hydrogen-bond donors (Lipinski definition) is 0. The molecule has 1 heterocycles. The van der Waals surface area contributed by atoms with E-state index in [1.807, 2.05) is 0 Å². The van der Waals surface area contributed by atoms with Crippen LogP contribution in [0.25, 0.3) is 11.0 Å². The number of imidazole rings is 1. The Bertz CT molecular complexity index is 1260. The van der Waals surface area contributed by atoms with E-state index in [1.54, 1.807) is 12.1 Å². The number of nitrogens with zero attached hydrogens (tertiary/aromatic N) is 3. The summed E-state index contributed by atoms with van der Waals surface area (Å²) < 4.78 is 56.3. The lowest BCUT2D eigenvalue weighted by Crippen LogP contribution is -2.15. The summed E-state index contributed by atoms with van der Waals surface area (Å²) >= 11 is 0. The molecule has 0 aliphatic heterocycles. The van der Waals surface area contributed by atoms with E-state index in [4.69, 9.17) is 4.74 Å². The first-order chi connectivity index (χ1) is 14.0. The summed E-state index contributed by atoms with van der Waals surface area (Å²) in [7, 11) is -3.91. The second kappa shape index (κ2) is 7.78. The zero-order valence-electron chi connectivity index (χ0n) is 15.7. The molecule has 12 heteroatoms. The number of halogens is 2. The maximum atomic E-state index is 13.6. The van der Waals surface area contributed by atoms with Crippen molar-refractivity contribution < 1.29 is 31.7 Å². The van der Waals surface area contributed by atoms with Crippen LogP contribution in [0.5, 0.6) is 0 Å². The van der Waals surface area contributed by atoms with E-state index in [1.165, 1.54) is 19.1 Å². The zero-order valence-corrected chi connectivity index (χ0v) is 16.5. The van der Waals surface area contributed by atoms with Gasteiger partial charge in [0.15, 0.2) is 21.8 Å². The van der Waals surface area contributed by atoms with E-state index in [0.29, 0.717) is 4.57 Å². The molecule has 2 aromatic carbocycles. The highest BCUT2D eigenvalue weighted by atomic mass is 32.2. The van der Waals surface area contributed by atoms with E-state index in [2.05, 4.69) is 4.98 Å². The SMILES string of the molecule is C[C@@H](OC(=O)c1ccc(S(C)(=O)=O)c([N+](=O)[O-])c1)c1nc2ccccc2n1C(F)F. The Morgan fingerprint density at radius 2 is 1.90 bits per heavy atom. The molecule has 0 bridgehead atoms. The van der Waals surface area contributed by atoms with Crippen molar-refractivity contribution >= 4 is 32.5 Å². The number of carbonyl (C=O) groups excluding carboxylic acids is 1. The molecular formula is C18H15F2N3O6S. The monoisotopic (exact) mass is 439 g/mol. The molecule has 0 aliphatic carbocycles. The van der Waals surface area contributed by atoms with Crippen LogP contribution in [0.15, 0.2) is 47.4 Å². The summed E-state index contributed by atoms with van der Waals surface area (Å²) in [6.45, 7) is -1.61. The van der Waals surface area contributed by atoms with Gasteiger partial charge in [-0.05, 0) is 31.2 Å². The van der Waals surface area contributed by atoms with Crippen LogP contribution in [0.4, 0.5) is 14.5 Å². The maximum Gasteiger partial charge on any atom is 0.339 e. The first kappa shape index (κ1) is 21.3. The number of ether oxygens (including phenoxy) is 1. The molecule has 0 amide bonds. The third-order valence-corrected chi connectivity index (χ3v) is 5.40. The normalized spacial score (nSPS) is 12.8. The molecule has 30 heavy (non-hydrogen) atoms. The number of hydrogen-bond acceptors (Lipinski definition) is 7. The number of carbonyl (C=O) groups is 1. The molecule has 0 radical (unpaired) electrons. The van der Waals surface area contributed by atoms with Crippen molar-refractivity contribution in [3.63, 3.8) is 0 Å². The third-order valence-electron chi connectivity index (χ3n) is 4.26. The van der Waals surface area contributed by atoms with Crippen molar-refractivity contribution in [1.82, 2.24) is 9.55 Å². The fraction of sp³-hybridized carbons (Fsp3) is 0.222. The van der Waals surface area contributed by atoms with Crippen molar-refractivity contribution in [2.24, 2.45) is 0 Å². The third kappa shape index (κ3) is 3.99. The molecule has 0 fully saturated rings. The van der Waals surface area contributed by atoms with E-state index >= 15 is 0 Å². The smallest absolute Gasteiger partial charge is 0.339 e. The van der Waals surface area contributed by atoms with Crippen LogP contribution in [0.3, 0.4) is 0 Å². The minimum absolute atomic E-state index is 0.151. The van der Waals surface area contributed by atoms with E-state index < -0.39 is 44.0 Å². The number of aromatic nitrogens is 2. The van der Waals surface area contributed by atoms with E-state index in [-0.39, 0.29) is 22.4 Å². The summed E-state index contributed by atoms with van der Waals surface area (Å²) in [5.74, 6) is -1.26. The number of fused-ring (bicyclic) bond motifs is 1. The lowest BCUT2D eigenvalue weighted by atomic mass is 10.2. The number of nitro benzene ring substituents is 1. The highest BCUT2D eigenvalue weighted by Gasteiger charge is 2.27. The quantitative estimate of drug-likeness (QED) is 0.326. The molecular weight excluding hydrogens is 424 g/mol. The fourth-order valence-electron chi connectivity index (χ4n) is 2.94. The minimum Gasteiger partial charge on any atom is -0.451 e. The molecule has 1 atom stereocenters. The minimum atomic E-state index is -3.91. The van der Waals surface area contributed by atoms with E-state index in [9.17, 15) is 32.1 Å². The number of nitro groups is 1. The van der Waals surface area contributed by atoms with Gasteiger partial charge in [-0.15, -0.1) is 0 Å². The number of sulfone groups is 1. The number of rotatable bonds is 6. The van der Waals surface area contributed by atoms with Crippen molar-refractivity contribution in [3.05, 3.63) is 64.0 Å². The Balaban J connectivity index is 1.95. The molecule has 1 aromatic heterocycles. The van der Waals surface area contributed by atoms with Gasteiger partial charge in [-0.3, -0.25) is 14.7 Å². The first-order valence-corrected chi connectivity index (χ1v) is 10.3. The topological polar surface area (TPSA) is 121 Å². The van der Waals surface area contributed by atoms with Crippen molar-refractivity contribution in [2.45, 2.75) is 24.5 Å². The lowest BCUT2D eigenvalue weighted by Gasteiger charge is -2.15. The summed E-state index contributed by atoms with van der Waals surface area (Å²) in [6, 6.07) is 8.89. The molecule has 0 unspecified atom stereocenters. The standard InChI is InChI=1S/C18H15F2N3O6S/c1-10(16-21-12-5-3-4-6-13(12)22(16)18(19)20)29-17(24)11-7-8-15(30(2,27)28)14(9-11)23(25)26/h3-10,18H,1-2H3/t10-/m1/s1. The van der Waals surface area contributed by atoms with Crippen molar-refractivity contribution in [1.29, 1.82) is 0 Å². The fourth-order valence-corrected chi connectivity index (χ4v) is 3.77. The molecule has 9 nitrogen and oxygen atoms in total. The molecule has 0 saturated heterocycles. The van der Waals surface area contributed by atoms with Gasteiger partial charge in [0.05, 0.1) is 21.5 Å². The highest BCUT2D eigenvalue weighted by molar-refractivity contribution is 7.90. The first-order valence-electron chi connectivity index (χ1n) is 8.45. The summed E-state index contributed by atoms with van der Waals surface area (Å²) in [4.78, 5) is 26.2. The Hall–Kier alpha value is -3.41. The Morgan fingerprint density at radius 1 is 1.23 bits per heavy atom. The molecule has 3 aromatic rings. The molecule has 0 N–H and O–H groups in total. The van der Waals surface area contributed by atoms with Crippen molar-refractivity contribution in [3.8, 4) is 0 Å². The average molecular weight is 439 g/mol. The Kier molecular flexibility index (Phi) is 5.53. The second-order valence-electron chi connectivity index (χ2n) is 6.37. The van der Waals surface area contributed by atoms with Gasteiger partial charge in [0.1, 0.15) is 4.90 Å². The molecule has 0 saturated carbocycles. The number of benzene rings is 2. The molecule has 158 valence electrons. The van der Waals surface area contributed by atoms with Crippen molar-refractivity contribution in [2.75, 3.05) is 6.26 Å². The number of para-hydroxylation sites is 2. The Morgan fingerprint density at radius 3 is 2.50 bits per heavy atom. The van der Waals surface area contributed by atoms with Crippen LogP contribution >= 0.6 is 0 Å².